The molecule has 0 bridgehead atoms. The summed E-state index contributed by atoms with van der Waals surface area (Å²) in [6.45, 7) is 23.0. The summed E-state index contributed by atoms with van der Waals surface area (Å²) in [5.41, 5.74) is -0.0719. The Morgan fingerprint density at radius 2 is 1.52 bits per heavy atom. The zero-order valence-corrected chi connectivity index (χ0v) is 39.1. The standard InChI is InChI=1S/C46H73N5O8Si/c1-12-13-15-24-39(52)50-46(30-35-22-18-19-23-37(35)34-20-16-14-17-21-34,36(31-47-43(56)59-44(4,5)6)32-58-60(10,11)45(7,8)9)41(54)48-38(29-33(2)3)40(53)49-42(55)51-25-27-57-28-26-51/h14,16-23,33,36,38H,12-13,15,24-32H2,1-11H3,(H,47,56)(H,48,54)(H,50,52)(H,49,53,55). The first-order valence-corrected chi connectivity index (χ1v) is 24.5. The molecule has 1 heterocycles. The van der Waals surface area contributed by atoms with E-state index in [9.17, 15) is 19.2 Å². The van der Waals surface area contributed by atoms with Crippen molar-refractivity contribution >= 4 is 38.2 Å². The third kappa shape index (κ3) is 15.3. The fourth-order valence-corrected chi connectivity index (χ4v) is 7.83. The number of morpholine rings is 1. The molecule has 0 aliphatic carbocycles. The van der Waals surface area contributed by atoms with E-state index in [1.165, 1.54) is 4.90 Å². The van der Waals surface area contributed by atoms with E-state index in [0.29, 0.717) is 32.7 Å². The Bertz CT molecular complexity index is 1720. The van der Waals surface area contributed by atoms with E-state index in [4.69, 9.17) is 13.9 Å². The van der Waals surface area contributed by atoms with E-state index >= 15 is 4.79 Å². The van der Waals surface area contributed by atoms with E-state index in [0.717, 1.165) is 29.5 Å². The molecule has 2 aromatic carbocycles. The highest BCUT2D eigenvalue weighted by Gasteiger charge is 2.50. The molecule has 0 radical (unpaired) electrons. The van der Waals surface area contributed by atoms with Crippen LogP contribution in [0.1, 0.15) is 100.0 Å². The molecular formula is C46H73N5O8Si. The molecule has 3 atom stereocenters. The third-order valence-electron chi connectivity index (χ3n) is 11.2. The number of amides is 6. The number of carbonyl (C=O) groups is 5. The summed E-state index contributed by atoms with van der Waals surface area (Å²) in [6, 6.07) is 15.8. The second-order valence-electron chi connectivity index (χ2n) is 18.9. The van der Waals surface area contributed by atoms with Crippen LogP contribution < -0.4 is 21.3 Å². The number of hydrogen-bond acceptors (Lipinski definition) is 8. The van der Waals surface area contributed by atoms with Gasteiger partial charge in [0.15, 0.2) is 8.32 Å². The molecule has 3 unspecified atom stereocenters. The second-order valence-corrected chi connectivity index (χ2v) is 23.7. The Balaban J connectivity index is 2.29. The van der Waals surface area contributed by atoms with Gasteiger partial charge in [-0.1, -0.05) is 109 Å². The monoisotopic (exact) mass is 852 g/mol. The van der Waals surface area contributed by atoms with Crippen LogP contribution >= 0.6 is 0 Å². The molecule has 3 rings (SSSR count). The lowest BCUT2D eigenvalue weighted by atomic mass is 9.76. The number of alkyl carbamates (subject to hydrolysis) is 1. The van der Waals surface area contributed by atoms with Gasteiger partial charge in [-0.05, 0) is 74.4 Å². The van der Waals surface area contributed by atoms with E-state index in [1.807, 2.05) is 68.4 Å². The summed E-state index contributed by atoms with van der Waals surface area (Å²) in [6.07, 6.45) is 1.96. The molecule has 0 aromatic heterocycles. The summed E-state index contributed by atoms with van der Waals surface area (Å²) in [5, 5.41) is 11.5. The van der Waals surface area contributed by atoms with E-state index in [1.54, 1.807) is 20.8 Å². The van der Waals surface area contributed by atoms with Crippen molar-refractivity contribution in [2.45, 2.75) is 136 Å². The maximum atomic E-state index is 15.7. The zero-order chi connectivity index (χ0) is 44.7. The smallest absolute Gasteiger partial charge is 0.407 e. The van der Waals surface area contributed by atoms with Gasteiger partial charge >= 0.3 is 12.1 Å². The second kappa shape index (κ2) is 22.5. The lowest BCUT2D eigenvalue weighted by Crippen LogP contribution is -2.69. The first-order valence-electron chi connectivity index (χ1n) is 21.6. The molecule has 1 aliphatic rings. The Kier molecular flexibility index (Phi) is 18.8. The Morgan fingerprint density at radius 1 is 0.883 bits per heavy atom. The van der Waals surface area contributed by atoms with Crippen LogP contribution in [0.2, 0.25) is 18.1 Å². The molecule has 60 heavy (non-hydrogen) atoms. The largest absolute Gasteiger partial charge is 0.444 e. The predicted octanol–water partition coefficient (Wildman–Crippen LogP) is 7.59. The number of hydrogen-bond donors (Lipinski definition) is 4. The van der Waals surface area contributed by atoms with Crippen molar-refractivity contribution in [2.75, 3.05) is 39.5 Å². The first kappa shape index (κ1) is 50.1. The fraction of sp³-hybridized carbons (Fsp3) is 0.630. The van der Waals surface area contributed by atoms with Gasteiger partial charge in [-0.2, -0.15) is 0 Å². The average molecular weight is 852 g/mol. The Hall–Kier alpha value is -4.27. The maximum absolute atomic E-state index is 15.7. The highest BCUT2D eigenvalue weighted by molar-refractivity contribution is 6.74. The number of benzene rings is 2. The fourth-order valence-electron chi connectivity index (χ4n) is 6.78. The van der Waals surface area contributed by atoms with Gasteiger partial charge in [0.05, 0.1) is 13.2 Å². The third-order valence-corrected chi connectivity index (χ3v) is 15.7. The minimum Gasteiger partial charge on any atom is -0.444 e. The van der Waals surface area contributed by atoms with Crippen LogP contribution in [0.4, 0.5) is 9.59 Å². The quantitative estimate of drug-likeness (QED) is 0.0830. The lowest BCUT2D eigenvalue weighted by Gasteiger charge is -2.44. The van der Waals surface area contributed by atoms with Gasteiger partial charge in [0, 0.05) is 45.0 Å². The number of unbranched alkanes of at least 4 members (excludes halogenated alkanes) is 2. The number of rotatable bonds is 19. The molecule has 334 valence electrons. The molecule has 4 N–H and O–H groups in total. The number of ether oxygens (including phenoxy) is 2. The van der Waals surface area contributed by atoms with Crippen LogP contribution in [0.25, 0.3) is 11.1 Å². The van der Waals surface area contributed by atoms with Crippen molar-refractivity contribution in [1.82, 2.24) is 26.2 Å². The predicted molar refractivity (Wildman–Crippen MR) is 239 cm³/mol. The van der Waals surface area contributed by atoms with Crippen molar-refractivity contribution in [1.29, 1.82) is 0 Å². The minimum atomic E-state index is -2.51. The van der Waals surface area contributed by atoms with Crippen LogP contribution in [0.15, 0.2) is 54.6 Å². The number of urea groups is 1. The zero-order valence-electron chi connectivity index (χ0n) is 38.1. The average Bonchev–Trinajstić information content (AvgIpc) is 3.17. The van der Waals surface area contributed by atoms with Gasteiger partial charge in [-0.15, -0.1) is 0 Å². The van der Waals surface area contributed by atoms with Crippen molar-refractivity contribution in [3.63, 3.8) is 0 Å². The minimum absolute atomic E-state index is 0.0149. The topological polar surface area (TPSA) is 164 Å². The van der Waals surface area contributed by atoms with Crippen molar-refractivity contribution in [2.24, 2.45) is 11.8 Å². The Labute approximate surface area is 360 Å². The highest BCUT2D eigenvalue weighted by atomic mass is 28.4. The highest BCUT2D eigenvalue weighted by Crippen LogP contribution is 2.38. The molecule has 0 saturated carbocycles. The summed E-state index contributed by atoms with van der Waals surface area (Å²) in [5.74, 6) is -2.59. The van der Waals surface area contributed by atoms with Crippen LogP contribution in [-0.2, 0) is 34.7 Å². The SMILES string of the molecule is CCCCCC(=O)NC(Cc1ccccc1-c1ccccc1)(C(=O)NC(CC(C)C)C(=O)NC(=O)N1CCOCC1)C(CNC(=O)OC(C)(C)C)CO[Si](C)(C)C(C)(C)C. The molecule has 13 nitrogen and oxygen atoms in total. The van der Waals surface area contributed by atoms with E-state index < -0.39 is 55.4 Å². The van der Waals surface area contributed by atoms with Crippen LogP contribution in [0.5, 0.6) is 0 Å². The van der Waals surface area contributed by atoms with Gasteiger partial charge in [0.2, 0.25) is 11.8 Å². The summed E-state index contributed by atoms with van der Waals surface area (Å²) in [7, 11) is -2.51. The molecule has 0 spiro atoms. The number of nitrogens with one attached hydrogen (secondary N) is 4. The molecular weight excluding hydrogens is 779 g/mol. The van der Waals surface area contributed by atoms with E-state index in [-0.39, 0.29) is 49.3 Å². The maximum Gasteiger partial charge on any atom is 0.407 e. The molecule has 2 aromatic rings. The van der Waals surface area contributed by atoms with Gasteiger partial charge < -0.3 is 34.8 Å². The molecule has 1 fully saturated rings. The Morgan fingerprint density at radius 3 is 2.12 bits per heavy atom. The van der Waals surface area contributed by atoms with Crippen molar-refractivity contribution < 1.29 is 37.9 Å². The van der Waals surface area contributed by atoms with Crippen LogP contribution in [-0.4, -0.2) is 99.7 Å². The summed E-state index contributed by atoms with van der Waals surface area (Å²) < 4.78 is 17.9. The van der Waals surface area contributed by atoms with E-state index in [2.05, 4.69) is 62.1 Å². The molecule has 1 saturated heterocycles. The van der Waals surface area contributed by atoms with Gasteiger partial charge in [0.1, 0.15) is 17.2 Å². The first-order chi connectivity index (χ1) is 28.1. The summed E-state index contributed by atoms with van der Waals surface area (Å²) >= 11 is 0. The molecule has 14 heteroatoms. The van der Waals surface area contributed by atoms with Crippen LogP contribution in [0, 0.1) is 11.8 Å². The van der Waals surface area contributed by atoms with Crippen molar-refractivity contribution in [3.8, 4) is 11.1 Å². The normalized spacial score (nSPS) is 15.6. The molecule has 1 aliphatic heterocycles. The van der Waals surface area contributed by atoms with Gasteiger partial charge in [-0.25, -0.2) is 9.59 Å². The van der Waals surface area contributed by atoms with Gasteiger partial charge in [0.25, 0.3) is 5.91 Å². The molecule has 6 amide bonds. The number of nitrogens with zero attached hydrogens (tertiary/aromatic N) is 1. The summed E-state index contributed by atoms with van der Waals surface area (Å²) in [4.78, 5) is 72.3. The van der Waals surface area contributed by atoms with Crippen LogP contribution in [0.3, 0.4) is 0 Å². The lowest BCUT2D eigenvalue weighted by molar-refractivity contribution is -0.139. The number of carbonyl (C=O) groups excluding carboxylic acids is 5. The van der Waals surface area contributed by atoms with Crippen molar-refractivity contribution in [3.05, 3.63) is 60.2 Å². The number of imide groups is 1. The van der Waals surface area contributed by atoms with Gasteiger partial charge in [-0.3, -0.25) is 19.7 Å².